The Morgan fingerprint density at radius 3 is 2.58 bits per heavy atom. The molecule has 1 aliphatic rings. The van der Waals surface area contributed by atoms with Gasteiger partial charge in [0.1, 0.15) is 12.2 Å². The van der Waals surface area contributed by atoms with Crippen LogP contribution in [0.3, 0.4) is 0 Å². The second-order valence-corrected chi connectivity index (χ2v) is 7.44. The molecule has 0 aromatic heterocycles. The smallest absolute Gasteiger partial charge is 0.446 e. The van der Waals surface area contributed by atoms with E-state index in [0.29, 0.717) is 22.1 Å². The van der Waals surface area contributed by atoms with Crippen LogP contribution >= 0.6 is 23.4 Å². The summed E-state index contributed by atoms with van der Waals surface area (Å²) in [7, 11) is 0. The molecule has 2 aromatic carbocycles. The highest BCUT2D eigenvalue weighted by atomic mass is 35.5. The molecule has 1 heterocycles. The van der Waals surface area contributed by atoms with Gasteiger partial charge in [-0.2, -0.15) is 13.2 Å². The molecule has 1 saturated heterocycles. The third-order valence-electron chi connectivity index (χ3n) is 3.81. The van der Waals surface area contributed by atoms with E-state index in [4.69, 9.17) is 21.1 Å². The maximum absolute atomic E-state index is 12.6. The van der Waals surface area contributed by atoms with Gasteiger partial charge in [-0.05, 0) is 48.5 Å². The van der Waals surface area contributed by atoms with Gasteiger partial charge in [-0.1, -0.05) is 23.7 Å². The molecule has 0 saturated carbocycles. The van der Waals surface area contributed by atoms with Gasteiger partial charge in [0.25, 0.3) is 0 Å². The van der Waals surface area contributed by atoms with Gasteiger partial charge in [-0.25, -0.2) is 0 Å². The van der Waals surface area contributed by atoms with Crippen LogP contribution in [-0.4, -0.2) is 24.7 Å². The number of alkyl halides is 3. The SMILES string of the molecule is CC(Oc1ccc(Cl)cc1OC1CNC1)c1cccc(SC(F)(F)F)c1. The van der Waals surface area contributed by atoms with Crippen LogP contribution in [0.5, 0.6) is 11.5 Å². The highest BCUT2D eigenvalue weighted by Gasteiger charge is 2.29. The van der Waals surface area contributed by atoms with Crippen LogP contribution in [0, 0.1) is 0 Å². The molecule has 0 bridgehead atoms. The van der Waals surface area contributed by atoms with E-state index in [9.17, 15) is 13.2 Å². The summed E-state index contributed by atoms with van der Waals surface area (Å²) in [6, 6.07) is 11.3. The Hall–Kier alpha value is -1.57. The summed E-state index contributed by atoms with van der Waals surface area (Å²) in [5, 5.41) is 3.64. The summed E-state index contributed by atoms with van der Waals surface area (Å²) in [6.07, 6.45) is -0.399. The highest BCUT2D eigenvalue weighted by molar-refractivity contribution is 8.00. The zero-order valence-electron chi connectivity index (χ0n) is 13.8. The topological polar surface area (TPSA) is 30.5 Å². The molecule has 1 fully saturated rings. The van der Waals surface area contributed by atoms with Gasteiger partial charge in [-0.15, -0.1) is 0 Å². The van der Waals surface area contributed by atoms with Crippen LogP contribution in [0.2, 0.25) is 5.02 Å². The van der Waals surface area contributed by atoms with Crippen LogP contribution in [0.4, 0.5) is 13.2 Å². The number of hydrogen-bond donors (Lipinski definition) is 1. The quantitative estimate of drug-likeness (QED) is 0.650. The van der Waals surface area contributed by atoms with E-state index in [1.165, 1.54) is 12.1 Å². The van der Waals surface area contributed by atoms with Crippen molar-refractivity contribution in [3.05, 3.63) is 53.1 Å². The molecule has 26 heavy (non-hydrogen) atoms. The Morgan fingerprint density at radius 1 is 1.15 bits per heavy atom. The van der Waals surface area contributed by atoms with Crippen molar-refractivity contribution in [2.24, 2.45) is 0 Å². The lowest BCUT2D eigenvalue weighted by Gasteiger charge is -2.29. The zero-order chi connectivity index (χ0) is 18.7. The lowest BCUT2D eigenvalue weighted by atomic mass is 10.1. The van der Waals surface area contributed by atoms with Crippen LogP contribution in [-0.2, 0) is 0 Å². The summed E-state index contributed by atoms with van der Waals surface area (Å²) in [6.45, 7) is 3.27. The van der Waals surface area contributed by atoms with Gasteiger partial charge < -0.3 is 14.8 Å². The highest BCUT2D eigenvalue weighted by Crippen LogP contribution is 2.39. The Morgan fingerprint density at radius 2 is 1.92 bits per heavy atom. The molecule has 0 aliphatic carbocycles. The summed E-state index contributed by atoms with van der Waals surface area (Å²) >= 11 is 5.89. The largest absolute Gasteiger partial charge is 0.484 e. The fraction of sp³-hybridized carbons (Fsp3) is 0.333. The molecule has 0 amide bonds. The molecule has 1 atom stereocenters. The number of ether oxygens (including phenoxy) is 2. The lowest BCUT2D eigenvalue weighted by Crippen LogP contribution is -2.50. The standard InChI is InChI=1S/C18H17ClF3NO2S/c1-11(12-3-2-4-15(7-12)26-18(20,21)22)24-16-6-5-13(19)8-17(16)25-14-9-23-10-14/h2-8,11,14,23H,9-10H2,1H3. The third kappa shape index (κ3) is 5.22. The minimum Gasteiger partial charge on any atom is -0.484 e. The minimum atomic E-state index is -4.32. The van der Waals surface area contributed by atoms with E-state index < -0.39 is 11.6 Å². The molecule has 0 spiro atoms. The summed E-state index contributed by atoms with van der Waals surface area (Å²) in [4.78, 5) is 0.124. The molecular weight excluding hydrogens is 387 g/mol. The van der Waals surface area contributed by atoms with E-state index >= 15 is 0 Å². The fourth-order valence-electron chi connectivity index (χ4n) is 2.42. The van der Waals surface area contributed by atoms with E-state index in [2.05, 4.69) is 5.32 Å². The van der Waals surface area contributed by atoms with Crippen LogP contribution < -0.4 is 14.8 Å². The predicted octanol–water partition coefficient (Wildman–Crippen LogP) is 5.44. The third-order valence-corrected chi connectivity index (χ3v) is 4.76. The maximum Gasteiger partial charge on any atom is 0.446 e. The molecule has 2 aromatic rings. The van der Waals surface area contributed by atoms with Crippen molar-refractivity contribution in [3.8, 4) is 11.5 Å². The maximum atomic E-state index is 12.6. The van der Waals surface area contributed by atoms with E-state index in [1.54, 1.807) is 37.3 Å². The molecule has 8 heteroatoms. The summed E-state index contributed by atoms with van der Waals surface area (Å²) < 4.78 is 49.5. The monoisotopic (exact) mass is 403 g/mol. The van der Waals surface area contributed by atoms with Crippen molar-refractivity contribution in [2.45, 2.75) is 29.5 Å². The first-order valence-electron chi connectivity index (χ1n) is 7.99. The molecule has 0 radical (unpaired) electrons. The molecule has 140 valence electrons. The first-order valence-corrected chi connectivity index (χ1v) is 9.19. The number of hydrogen-bond acceptors (Lipinski definition) is 4. The Bertz CT molecular complexity index is 768. The number of thioether (sulfide) groups is 1. The lowest BCUT2D eigenvalue weighted by molar-refractivity contribution is -0.0328. The van der Waals surface area contributed by atoms with Gasteiger partial charge in [0.05, 0.1) is 0 Å². The fourth-order valence-corrected chi connectivity index (χ4v) is 3.19. The second-order valence-electron chi connectivity index (χ2n) is 5.87. The Labute approximate surface area is 158 Å². The van der Waals surface area contributed by atoms with Gasteiger partial charge in [0, 0.05) is 29.1 Å². The second kappa shape index (κ2) is 7.98. The van der Waals surface area contributed by atoms with Gasteiger partial charge >= 0.3 is 5.51 Å². The molecule has 3 nitrogen and oxygen atoms in total. The van der Waals surface area contributed by atoms with Crippen molar-refractivity contribution >= 4 is 23.4 Å². The van der Waals surface area contributed by atoms with Crippen molar-refractivity contribution in [1.29, 1.82) is 0 Å². The minimum absolute atomic E-state index is 0.0534. The first-order chi connectivity index (χ1) is 12.3. The van der Waals surface area contributed by atoms with E-state index in [-0.39, 0.29) is 22.8 Å². The Kier molecular flexibility index (Phi) is 5.89. The van der Waals surface area contributed by atoms with Gasteiger partial charge in [-0.3, -0.25) is 0 Å². The van der Waals surface area contributed by atoms with Crippen LogP contribution in [0.25, 0.3) is 0 Å². The number of nitrogens with one attached hydrogen (secondary N) is 1. The summed E-state index contributed by atoms with van der Waals surface area (Å²) in [5.41, 5.74) is -3.68. The molecule has 1 N–H and O–H groups in total. The average Bonchev–Trinajstić information content (AvgIpc) is 2.51. The number of halogens is 4. The number of benzene rings is 2. The predicted molar refractivity (Wildman–Crippen MR) is 96.1 cm³/mol. The number of rotatable bonds is 6. The molecule has 1 aliphatic heterocycles. The van der Waals surface area contributed by atoms with Crippen LogP contribution in [0.15, 0.2) is 47.4 Å². The summed E-state index contributed by atoms with van der Waals surface area (Å²) in [5.74, 6) is 1.03. The first kappa shape index (κ1) is 19.2. The van der Waals surface area contributed by atoms with Crippen molar-refractivity contribution in [2.75, 3.05) is 13.1 Å². The van der Waals surface area contributed by atoms with E-state index in [0.717, 1.165) is 13.1 Å². The van der Waals surface area contributed by atoms with Crippen molar-refractivity contribution in [1.82, 2.24) is 5.32 Å². The molecule has 3 rings (SSSR count). The van der Waals surface area contributed by atoms with Crippen molar-refractivity contribution < 1.29 is 22.6 Å². The van der Waals surface area contributed by atoms with Gasteiger partial charge in [0.15, 0.2) is 11.5 Å². The normalized spacial score (nSPS) is 16.0. The molecular formula is C18H17ClF3NO2S. The van der Waals surface area contributed by atoms with Crippen LogP contribution in [0.1, 0.15) is 18.6 Å². The van der Waals surface area contributed by atoms with Gasteiger partial charge in [0.2, 0.25) is 0 Å². The van der Waals surface area contributed by atoms with Crippen molar-refractivity contribution in [3.63, 3.8) is 0 Å². The molecule has 1 unspecified atom stereocenters. The zero-order valence-corrected chi connectivity index (χ0v) is 15.4. The average molecular weight is 404 g/mol. The van der Waals surface area contributed by atoms with E-state index in [1.807, 2.05) is 0 Å². The Balaban J connectivity index is 1.75.